The van der Waals surface area contributed by atoms with Gasteiger partial charge in [-0.2, -0.15) is 0 Å². The number of carbonyl (C=O) groups excluding carboxylic acids is 3. The summed E-state index contributed by atoms with van der Waals surface area (Å²) in [6.45, 7) is 0.0716. The Morgan fingerprint density at radius 1 is 0.935 bits per heavy atom. The van der Waals surface area contributed by atoms with Gasteiger partial charge in [0.05, 0.1) is 18.9 Å². The minimum atomic E-state index is -1.16. The Morgan fingerprint density at radius 2 is 1.39 bits per heavy atom. The van der Waals surface area contributed by atoms with Crippen LogP contribution in [-0.2, 0) is 14.3 Å². The third-order valence-electron chi connectivity index (χ3n) is 5.40. The zero-order valence-electron chi connectivity index (χ0n) is 16.3. The van der Waals surface area contributed by atoms with Crippen LogP contribution in [0.15, 0.2) is 33.5 Å². The van der Waals surface area contributed by atoms with E-state index in [9.17, 15) is 24.3 Å². The lowest BCUT2D eigenvalue weighted by Gasteiger charge is -2.48. The molecule has 0 aliphatic heterocycles. The summed E-state index contributed by atoms with van der Waals surface area (Å²) in [6.07, 6.45) is 3.20. The fraction of sp³-hybridized carbons (Fsp3) is 0.368. The number of ether oxygens (including phenoxy) is 1. The molecule has 1 fully saturated rings. The molecule has 0 saturated heterocycles. The Kier molecular flexibility index (Phi) is 7.21. The lowest BCUT2D eigenvalue weighted by molar-refractivity contribution is -0.176. The molecular formula is C19H20Br2N4O6. The van der Waals surface area contributed by atoms with Crippen LogP contribution in [0.25, 0.3) is 0 Å². The van der Waals surface area contributed by atoms with Crippen molar-refractivity contribution in [1.82, 2.24) is 20.6 Å². The Labute approximate surface area is 193 Å². The number of aromatic amines is 2. The number of rotatable bonds is 8. The number of H-pyrrole nitrogens is 2. The average Bonchev–Trinajstić information content (AvgIpc) is 3.34. The lowest BCUT2D eigenvalue weighted by Crippen LogP contribution is -2.60. The number of carbonyl (C=O) groups is 4. The van der Waals surface area contributed by atoms with Gasteiger partial charge >= 0.3 is 11.9 Å². The smallest absolute Gasteiger partial charge is 0.309 e. The number of halogens is 2. The predicted molar refractivity (Wildman–Crippen MR) is 115 cm³/mol. The summed E-state index contributed by atoms with van der Waals surface area (Å²) in [5.74, 6) is -5.68. The number of hydrogen-bond acceptors (Lipinski definition) is 5. The second-order valence-corrected chi connectivity index (χ2v) is 8.96. The van der Waals surface area contributed by atoms with E-state index in [-0.39, 0.29) is 13.1 Å². The van der Waals surface area contributed by atoms with Crippen molar-refractivity contribution in [3.05, 3.63) is 44.9 Å². The van der Waals surface area contributed by atoms with Crippen LogP contribution in [0.4, 0.5) is 0 Å². The van der Waals surface area contributed by atoms with E-state index in [2.05, 4.69) is 52.5 Å². The van der Waals surface area contributed by atoms with Gasteiger partial charge in [0.25, 0.3) is 11.8 Å². The van der Waals surface area contributed by atoms with Crippen LogP contribution in [0.1, 0.15) is 21.0 Å². The van der Waals surface area contributed by atoms with E-state index in [1.807, 2.05) is 0 Å². The van der Waals surface area contributed by atoms with Gasteiger partial charge in [0.2, 0.25) is 0 Å². The summed E-state index contributed by atoms with van der Waals surface area (Å²) in [4.78, 5) is 54.3. The molecule has 0 aromatic carbocycles. The molecule has 2 amide bonds. The van der Waals surface area contributed by atoms with Gasteiger partial charge in [-0.15, -0.1) is 0 Å². The van der Waals surface area contributed by atoms with Crippen LogP contribution in [0.2, 0.25) is 0 Å². The third-order valence-corrected chi connectivity index (χ3v) is 6.32. The quantitative estimate of drug-likeness (QED) is 0.311. The third kappa shape index (κ3) is 5.01. The number of aromatic nitrogens is 2. The van der Waals surface area contributed by atoms with Crippen LogP contribution in [0.5, 0.6) is 0 Å². The van der Waals surface area contributed by atoms with Crippen molar-refractivity contribution < 1.29 is 29.0 Å². The molecule has 0 unspecified atom stereocenters. The summed E-state index contributed by atoms with van der Waals surface area (Å²) < 4.78 is 6.19. The number of nitrogens with one attached hydrogen (secondary N) is 4. The first kappa shape index (κ1) is 23.1. The molecule has 0 spiro atoms. The summed E-state index contributed by atoms with van der Waals surface area (Å²) in [5, 5.41) is 15.1. The van der Waals surface area contributed by atoms with Crippen molar-refractivity contribution in [2.45, 2.75) is 0 Å². The Morgan fingerprint density at radius 3 is 1.74 bits per heavy atom. The average molecular weight is 560 g/mol. The van der Waals surface area contributed by atoms with Crippen LogP contribution >= 0.6 is 31.9 Å². The summed E-state index contributed by atoms with van der Waals surface area (Å²) in [6, 6.07) is 3.19. The van der Waals surface area contributed by atoms with Crippen molar-refractivity contribution in [2.75, 3.05) is 20.2 Å². The highest BCUT2D eigenvalue weighted by atomic mass is 79.9. The number of esters is 1. The maximum atomic E-state index is 12.4. The molecule has 12 heteroatoms. The number of amides is 2. The van der Waals surface area contributed by atoms with Gasteiger partial charge in [0.15, 0.2) is 0 Å². The summed E-state index contributed by atoms with van der Waals surface area (Å²) >= 11 is 6.49. The number of aliphatic carboxylic acids is 1. The van der Waals surface area contributed by atoms with Gasteiger partial charge < -0.3 is 30.4 Å². The number of hydrogen-bond donors (Lipinski definition) is 5. The van der Waals surface area contributed by atoms with Gasteiger partial charge in [0, 0.05) is 34.4 Å². The van der Waals surface area contributed by atoms with E-state index in [4.69, 9.17) is 4.74 Å². The van der Waals surface area contributed by atoms with Crippen LogP contribution in [-0.4, -0.2) is 59.0 Å². The van der Waals surface area contributed by atoms with Gasteiger partial charge in [-0.3, -0.25) is 19.2 Å². The number of carboxylic acids is 1. The molecule has 31 heavy (non-hydrogen) atoms. The highest BCUT2D eigenvalue weighted by molar-refractivity contribution is 9.10. The molecule has 3 rings (SSSR count). The Balaban J connectivity index is 1.71. The Bertz CT molecular complexity index is 1000. The number of carboxylic acid groups (broad SMARTS) is 1. The predicted octanol–water partition coefficient (Wildman–Crippen LogP) is 1.76. The first-order chi connectivity index (χ1) is 14.7. The second kappa shape index (κ2) is 9.69. The lowest BCUT2D eigenvalue weighted by atomic mass is 9.56. The van der Waals surface area contributed by atoms with Crippen molar-refractivity contribution in [2.24, 2.45) is 23.7 Å². The summed E-state index contributed by atoms with van der Waals surface area (Å²) in [7, 11) is 1.19. The van der Waals surface area contributed by atoms with E-state index in [0.717, 1.165) is 0 Å². The Hall–Kier alpha value is -2.60. The topological polar surface area (TPSA) is 153 Å². The standard InChI is InChI=1S/C19H20Br2N4O6/c1-31-19(30)15-11(7-25-17(27)13-3-9(21)5-23-13)10(14(15)18(28)29)6-24-16(26)12-2-8(20)4-22-12/h2-5,10-11,14-15,22-23H,6-7H2,1H3,(H,24,26)(H,25,27)(H,28,29)/t10-,11-,14+,15+/m0/s1. The number of methoxy groups -OCH3 is 1. The molecule has 2 aromatic rings. The molecule has 2 heterocycles. The van der Waals surface area contributed by atoms with Crippen molar-refractivity contribution in [3.63, 3.8) is 0 Å². The fourth-order valence-corrected chi connectivity index (χ4v) is 4.57. The van der Waals surface area contributed by atoms with E-state index in [1.165, 1.54) is 7.11 Å². The second-order valence-electron chi connectivity index (χ2n) is 7.12. The molecule has 1 saturated carbocycles. The summed E-state index contributed by atoms with van der Waals surface area (Å²) in [5.41, 5.74) is 0.627. The maximum Gasteiger partial charge on any atom is 0.309 e. The minimum absolute atomic E-state index is 0.0223. The van der Waals surface area contributed by atoms with Crippen LogP contribution in [0.3, 0.4) is 0 Å². The minimum Gasteiger partial charge on any atom is -0.481 e. The molecule has 0 bridgehead atoms. The highest BCUT2D eigenvalue weighted by Gasteiger charge is 2.57. The molecule has 10 nitrogen and oxygen atoms in total. The van der Waals surface area contributed by atoms with Crippen molar-refractivity contribution in [1.29, 1.82) is 0 Å². The van der Waals surface area contributed by atoms with Gasteiger partial charge in [-0.05, 0) is 55.8 Å². The molecule has 0 radical (unpaired) electrons. The monoisotopic (exact) mass is 558 g/mol. The zero-order valence-corrected chi connectivity index (χ0v) is 19.4. The molecule has 5 N–H and O–H groups in total. The van der Waals surface area contributed by atoms with E-state index in [0.29, 0.717) is 20.3 Å². The van der Waals surface area contributed by atoms with E-state index < -0.39 is 47.4 Å². The maximum absolute atomic E-state index is 12.4. The SMILES string of the molecule is COC(=O)[C@@H]1[C@@H](CNC(=O)c2cc(Br)c[nH]2)[C@H](CNC(=O)c2cc(Br)c[nH]2)[C@H]1C(=O)O. The first-order valence-corrected chi connectivity index (χ1v) is 10.9. The molecular weight excluding hydrogens is 540 g/mol. The molecule has 4 atom stereocenters. The van der Waals surface area contributed by atoms with Gasteiger partial charge in [0.1, 0.15) is 11.4 Å². The highest BCUT2D eigenvalue weighted by Crippen LogP contribution is 2.46. The fourth-order valence-electron chi connectivity index (χ4n) is 3.88. The molecule has 166 valence electrons. The van der Waals surface area contributed by atoms with Crippen LogP contribution in [0, 0.1) is 23.7 Å². The van der Waals surface area contributed by atoms with Crippen LogP contribution < -0.4 is 10.6 Å². The largest absolute Gasteiger partial charge is 0.481 e. The van der Waals surface area contributed by atoms with E-state index >= 15 is 0 Å². The van der Waals surface area contributed by atoms with Gasteiger partial charge in [-0.25, -0.2) is 0 Å². The van der Waals surface area contributed by atoms with E-state index in [1.54, 1.807) is 24.5 Å². The first-order valence-electron chi connectivity index (χ1n) is 9.27. The normalized spacial score (nSPS) is 22.3. The van der Waals surface area contributed by atoms with Gasteiger partial charge in [-0.1, -0.05) is 0 Å². The molecule has 2 aromatic heterocycles. The van der Waals surface area contributed by atoms with Crippen molar-refractivity contribution in [3.8, 4) is 0 Å². The van der Waals surface area contributed by atoms with Crippen molar-refractivity contribution >= 4 is 55.6 Å². The zero-order chi connectivity index (χ0) is 22.7. The molecule has 1 aliphatic carbocycles. The molecule has 1 aliphatic rings.